The number of rotatable bonds is 6. The van der Waals surface area contributed by atoms with E-state index in [1.165, 1.54) is 37.1 Å². The Morgan fingerprint density at radius 3 is 2.30 bits per heavy atom. The van der Waals surface area contributed by atoms with Gasteiger partial charge in [-0.1, -0.05) is 0 Å². The van der Waals surface area contributed by atoms with Crippen LogP contribution in [-0.2, 0) is 10.0 Å². The number of benzene rings is 2. The van der Waals surface area contributed by atoms with Crippen molar-refractivity contribution in [1.82, 2.24) is 10.2 Å². The van der Waals surface area contributed by atoms with E-state index >= 15 is 0 Å². The fourth-order valence-electron chi connectivity index (χ4n) is 3.26. The topological polar surface area (TPSA) is 111 Å². The molecule has 9 heteroatoms. The lowest BCUT2D eigenvalue weighted by atomic mass is 10.2. The number of hydrogen-bond donors (Lipinski definition) is 2. The number of sulfonamides is 1. The number of nitrogens with zero attached hydrogens (tertiary/aromatic N) is 4. The average Bonchev–Trinajstić information content (AvgIpc) is 3.30. The van der Waals surface area contributed by atoms with Gasteiger partial charge in [0.2, 0.25) is 0 Å². The van der Waals surface area contributed by atoms with E-state index in [-0.39, 0.29) is 4.90 Å². The minimum absolute atomic E-state index is 0.0951. The molecule has 0 unspecified atom stereocenters. The van der Waals surface area contributed by atoms with E-state index in [2.05, 4.69) is 25.1 Å². The van der Waals surface area contributed by atoms with Crippen LogP contribution in [0.1, 0.15) is 18.4 Å². The first-order chi connectivity index (χ1) is 14.5. The van der Waals surface area contributed by atoms with Crippen molar-refractivity contribution < 1.29 is 8.42 Å². The summed E-state index contributed by atoms with van der Waals surface area (Å²) in [4.78, 5) is 2.37. The molecule has 1 aromatic heterocycles. The maximum atomic E-state index is 12.5. The van der Waals surface area contributed by atoms with Crippen LogP contribution in [0.25, 0.3) is 0 Å². The van der Waals surface area contributed by atoms with Crippen molar-refractivity contribution in [2.24, 2.45) is 0 Å². The second kappa shape index (κ2) is 8.39. The molecular formula is C21H20N6O2S. The molecule has 1 saturated heterocycles. The molecule has 0 saturated carbocycles. The van der Waals surface area contributed by atoms with Crippen LogP contribution >= 0.6 is 0 Å². The van der Waals surface area contributed by atoms with Gasteiger partial charge in [-0.2, -0.15) is 10.4 Å². The third-order valence-electron chi connectivity index (χ3n) is 4.81. The Bertz CT molecular complexity index is 1170. The molecule has 2 aromatic carbocycles. The minimum Gasteiger partial charge on any atom is -0.370 e. The molecule has 0 spiro atoms. The molecule has 4 rings (SSSR count). The van der Waals surface area contributed by atoms with Gasteiger partial charge in [0.05, 0.1) is 28.4 Å². The van der Waals surface area contributed by atoms with Gasteiger partial charge in [-0.15, -0.1) is 5.10 Å². The van der Waals surface area contributed by atoms with Crippen molar-refractivity contribution in [2.45, 2.75) is 17.7 Å². The number of anilines is 4. The molecule has 8 nitrogen and oxygen atoms in total. The summed E-state index contributed by atoms with van der Waals surface area (Å²) in [5.74, 6) is 0.630. The minimum atomic E-state index is -3.73. The molecule has 0 radical (unpaired) electrons. The smallest absolute Gasteiger partial charge is 0.261 e. The summed E-state index contributed by atoms with van der Waals surface area (Å²) in [6.07, 6.45) is 4.13. The Kier molecular flexibility index (Phi) is 5.50. The summed E-state index contributed by atoms with van der Waals surface area (Å²) in [5.41, 5.74) is 2.64. The summed E-state index contributed by atoms with van der Waals surface area (Å²) in [6.45, 7) is 2.05. The molecule has 0 atom stereocenters. The molecule has 3 aromatic rings. The van der Waals surface area contributed by atoms with E-state index in [1.54, 1.807) is 30.5 Å². The summed E-state index contributed by atoms with van der Waals surface area (Å²) in [7, 11) is -3.73. The fourth-order valence-corrected chi connectivity index (χ4v) is 4.32. The molecule has 30 heavy (non-hydrogen) atoms. The highest BCUT2D eigenvalue weighted by Gasteiger charge is 2.15. The van der Waals surface area contributed by atoms with Gasteiger partial charge < -0.3 is 10.2 Å². The molecule has 152 valence electrons. The predicted molar refractivity (Wildman–Crippen MR) is 115 cm³/mol. The van der Waals surface area contributed by atoms with Crippen molar-refractivity contribution in [3.05, 3.63) is 66.4 Å². The normalized spacial score (nSPS) is 13.6. The SMILES string of the molecule is N#Cc1ccc(S(=O)(=O)Nc2ccc(Nc3cc(N4CCCC4)cnn3)cc2)cc1. The van der Waals surface area contributed by atoms with Crippen molar-refractivity contribution in [3.63, 3.8) is 0 Å². The number of nitrogens with one attached hydrogen (secondary N) is 2. The lowest BCUT2D eigenvalue weighted by molar-refractivity contribution is 0.601. The van der Waals surface area contributed by atoms with Gasteiger partial charge in [0, 0.05) is 30.5 Å². The monoisotopic (exact) mass is 420 g/mol. The summed E-state index contributed by atoms with van der Waals surface area (Å²) in [6, 6.07) is 16.5. The van der Waals surface area contributed by atoms with Crippen molar-refractivity contribution >= 4 is 32.9 Å². The second-order valence-corrected chi connectivity index (χ2v) is 8.62. The van der Waals surface area contributed by atoms with E-state index in [1.807, 2.05) is 12.1 Å². The first kappa shape index (κ1) is 19.7. The van der Waals surface area contributed by atoms with E-state index in [4.69, 9.17) is 5.26 Å². The number of aromatic nitrogens is 2. The Morgan fingerprint density at radius 2 is 1.63 bits per heavy atom. The van der Waals surface area contributed by atoms with E-state index in [0.717, 1.165) is 24.5 Å². The Labute approximate surface area is 175 Å². The van der Waals surface area contributed by atoms with Crippen LogP contribution in [0.3, 0.4) is 0 Å². The molecular weight excluding hydrogens is 400 g/mol. The summed E-state index contributed by atoms with van der Waals surface area (Å²) >= 11 is 0. The summed E-state index contributed by atoms with van der Waals surface area (Å²) in [5, 5.41) is 20.2. The summed E-state index contributed by atoms with van der Waals surface area (Å²) < 4.78 is 27.6. The van der Waals surface area contributed by atoms with Gasteiger partial charge in [-0.3, -0.25) is 4.72 Å². The molecule has 2 N–H and O–H groups in total. The van der Waals surface area contributed by atoms with Crippen molar-refractivity contribution in [2.75, 3.05) is 28.0 Å². The lowest BCUT2D eigenvalue weighted by Crippen LogP contribution is -2.18. The fraction of sp³-hybridized carbons (Fsp3) is 0.190. The Hall–Kier alpha value is -3.64. The van der Waals surface area contributed by atoms with Crippen LogP contribution in [0.2, 0.25) is 0 Å². The van der Waals surface area contributed by atoms with Crippen LogP contribution in [0.15, 0.2) is 65.7 Å². The molecule has 0 amide bonds. The highest BCUT2D eigenvalue weighted by molar-refractivity contribution is 7.92. The zero-order chi connectivity index (χ0) is 21.0. The third kappa shape index (κ3) is 4.50. The van der Waals surface area contributed by atoms with Crippen molar-refractivity contribution in [1.29, 1.82) is 5.26 Å². The highest BCUT2D eigenvalue weighted by Crippen LogP contribution is 2.24. The second-order valence-electron chi connectivity index (χ2n) is 6.94. The molecule has 2 heterocycles. The van der Waals surface area contributed by atoms with Gasteiger partial charge in [0.15, 0.2) is 5.82 Å². The van der Waals surface area contributed by atoms with Gasteiger partial charge in [-0.05, 0) is 61.4 Å². The maximum absolute atomic E-state index is 12.5. The first-order valence-corrected chi connectivity index (χ1v) is 11.0. The first-order valence-electron chi connectivity index (χ1n) is 9.51. The molecule has 0 aliphatic carbocycles. The third-order valence-corrected chi connectivity index (χ3v) is 6.21. The predicted octanol–water partition coefficient (Wildman–Crippen LogP) is 3.49. The van der Waals surface area contributed by atoms with E-state index in [9.17, 15) is 8.42 Å². The standard InChI is InChI=1S/C21H20N6O2S/c22-14-16-3-9-20(10-4-16)30(28,29)26-18-7-5-17(6-8-18)24-21-13-19(15-23-25-21)27-11-1-2-12-27/h3-10,13,15,26H,1-2,11-12H2,(H,24,25). The van der Waals surface area contributed by atoms with Crippen LogP contribution in [0.5, 0.6) is 0 Å². The maximum Gasteiger partial charge on any atom is 0.261 e. The Morgan fingerprint density at radius 1 is 0.967 bits per heavy atom. The average molecular weight is 420 g/mol. The number of hydrogen-bond acceptors (Lipinski definition) is 7. The quantitative estimate of drug-likeness (QED) is 0.628. The van der Waals surface area contributed by atoms with Gasteiger partial charge >= 0.3 is 0 Å². The van der Waals surface area contributed by atoms with Crippen LogP contribution < -0.4 is 14.9 Å². The van der Waals surface area contributed by atoms with Gasteiger partial charge in [0.1, 0.15) is 0 Å². The number of nitriles is 1. The molecule has 0 bridgehead atoms. The van der Waals surface area contributed by atoms with Gasteiger partial charge in [-0.25, -0.2) is 8.42 Å². The zero-order valence-electron chi connectivity index (χ0n) is 16.1. The highest BCUT2D eigenvalue weighted by atomic mass is 32.2. The molecule has 1 aliphatic rings. The van der Waals surface area contributed by atoms with Crippen LogP contribution in [0.4, 0.5) is 22.9 Å². The van der Waals surface area contributed by atoms with Crippen molar-refractivity contribution in [3.8, 4) is 6.07 Å². The van der Waals surface area contributed by atoms with E-state index < -0.39 is 10.0 Å². The molecule has 1 fully saturated rings. The molecule has 1 aliphatic heterocycles. The van der Waals surface area contributed by atoms with E-state index in [0.29, 0.717) is 17.1 Å². The largest absolute Gasteiger partial charge is 0.370 e. The van der Waals surface area contributed by atoms with Gasteiger partial charge in [0.25, 0.3) is 10.0 Å². The van der Waals surface area contributed by atoms with Crippen LogP contribution in [0, 0.1) is 11.3 Å². The Balaban J connectivity index is 1.44. The zero-order valence-corrected chi connectivity index (χ0v) is 16.9. The lowest BCUT2D eigenvalue weighted by Gasteiger charge is -2.17. The van der Waals surface area contributed by atoms with Crippen LogP contribution in [-0.4, -0.2) is 31.7 Å².